The van der Waals surface area contributed by atoms with Gasteiger partial charge in [0.1, 0.15) is 23.9 Å². The summed E-state index contributed by atoms with van der Waals surface area (Å²) in [6.45, 7) is 2.00. The lowest BCUT2D eigenvalue weighted by molar-refractivity contribution is 0.120. The number of carbonyl (C=O) groups excluding carboxylic acids is 1. The Hall–Kier alpha value is -2.08. The highest BCUT2D eigenvalue weighted by molar-refractivity contribution is 9.10. The molecular weight excluding hydrogens is 367 g/mol. The van der Waals surface area contributed by atoms with Gasteiger partial charge in [-0.25, -0.2) is 9.18 Å². The van der Waals surface area contributed by atoms with E-state index in [1.807, 2.05) is 6.92 Å². The zero-order valence-electron chi connectivity index (χ0n) is 12.8. The van der Waals surface area contributed by atoms with Crippen LogP contribution in [-0.2, 0) is 17.8 Å². The van der Waals surface area contributed by atoms with Crippen LogP contribution in [0.25, 0.3) is 0 Å². The van der Waals surface area contributed by atoms with E-state index in [1.165, 1.54) is 13.2 Å². The first-order chi connectivity index (χ1) is 11.0. The van der Waals surface area contributed by atoms with Gasteiger partial charge in [-0.2, -0.15) is 0 Å². The number of hydrogen-bond donors (Lipinski definition) is 0. The SMILES string of the molecule is CCc1cc(Br)c(OCc2ccccc2OC(=O)OC)cc1F. The molecule has 0 saturated heterocycles. The minimum absolute atomic E-state index is 0.122. The van der Waals surface area contributed by atoms with Crippen molar-refractivity contribution in [3.63, 3.8) is 0 Å². The molecule has 2 aromatic rings. The molecule has 4 nitrogen and oxygen atoms in total. The fourth-order valence-corrected chi connectivity index (χ4v) is 2.47. The van der Waals surface area contributed by atoms with E-state index in [-0.39, 0.29) is 12.4 Å². The number of aryl methyl sites for hydroxylation is 1. The maximum Gasteiger partial charge on any atom is 0.513 e. The van der Waals surface area contributed by atoms with Crippen LogP contribution in [0.2, 0.25) is 0 Å². The Morgan fingerprint density at radius 2 is 1.91 bits per heavy atom. The first-order valence-corrected chi connectivity index (χ1v) is 7.78. The normalized spacial score (nSPS) is 10.3. The molecule has 0 aliphatic carbocycles. The fourth-order valence-electron chi connectivity index (χ4n) is 1.96. The second-order valence-corrected chi connectivity index (χ2v) is 5.53. The lowest BCUT2D eigenvalue weighted by Gasteiger charge is -2.12. The number of para-hydroxylation sites is 1. The summed E-state index contributed by atoms with van der Waals surface area (Å²) in [7, 11) is 1.23. The Bertz CT molecular complexity index is 703. The molecule has 0 N–H and O–H groups in total. The van der Waals surface area contributed by atoms with Gasteiger partial charge < -0.3 is 14.2 Å². The molecule has 0 amide bonds. The molecular formula is C17H16BrFO4. The maximum absolute atomic E-state index is 13.9. The minimum Gasteiger partial charge on any atom is -0.487 e. The molecule has 0 aliphatic rings. The zero-order valence-corrected chi connectivity index (χ0v) is 14.4. The van der Waals surface area contributed by atoms with Gasteiger partial charge >= 0.3 is 6.16 Å². The van der Waals surface area contributed by atoms with Crippen molar-refractivity contribution < 1.29 is 23.4 Å². The Balaban J connectivity index is 2.15. The van der Waals surface area contributed by atoms with E-state index in [1.54, 1.807) is 30.3 Å². The van der Waals surface area contributed by atoms with Crippen molar-refractivity contribution in [1.29, 1.82) is 0 Å². The van der Waals surface area contributed by atoms with Gasteiger partial charge in [-0.05, 0) is 40.0 Å². The molecule has 0 unspecified atom stereocenters. The Morgan fingerprint density at radius 3 is 2.61 bits per heavy atom. The van der Waals surface area contributed by atoms with Crippen LogP contribution in [0.3, 0.4) is 0 Å². The molecule has 0 atom stereocenters. The topological polar surface area (TPSA) is 44.8 Å². The fraction of sp³-hybridized carbons (Fsp3) is 0.235. The lowest BCUT2D eigenvalue weighted by Crippen LogP contribution is -2.09. The molecule has 0 spiro atoms. The zero-order chi connectivity index (χ0) is 16.8. The molecule has 6 heteroatoms. The summed E-state index contributed by atoms with van der Waals surface area (Å²) in [5.41, 5.74) is 1.25. The summed E-state index contributed by atoms with van der Waals surface area (Å²) in [5.74, 6) is 0.401. The molecule has 23 heavy (non-hydrogen) atoms. The predicted octanol–water partition coefficient (Wildman–Crippen LogP) is 4.87. The van der Waals surface area contributed by atoms with Gasteiger partial charge in [-0.15, -0.1) is 0 Å². The number of benzene rings is 2. The summed E-state index contributed by atoms with van der Waals surface area (Å²) >= 11 is 3.37. The monoisotopic (exact) mass is 382 g/mol. The second-order valence-electron chi connectivity index (χ2n) is 4.68. The third-order valence-electron chi connectivity index (χ3n) is 3.20. The molecule has 2 rings (SSSR count). The van der Waals surface area contributed by atoms with Crippen LogP contribution in [-0.4, -0.2) is 13.3 Å². The summed E-state index contributed by atoms with van der Waals surface area (Å²) in [6.07, 6.45) is -0.211. The van der Waals surface area contributed by atoms with Crippen LogP contribution in [0, 0.1) is 5.82 Å². The molecule has 122 valence electrons. The van der Waals surface area contributed by atoms with Gasteiger partial charge in [0.15, 0.2) is 0 Å². The lowest BCUT2D eigenvalue weighted by atomic mass is 10.1. The average Bonchev–Trinajstić information content (AvgIpc) is 2.56. The van der Waals surface area contributed by atoms with E-state index in [0.717, 1.165) is 0 Å². The van der Waals surface area contributed by atoms with Gasteiger partial charge in [0, 0.05) is 11.6 Å². The quantitative estimate of drug-likeness (QED) is 0.546. The van der Waals surface area contributed by atoms with Gasteiger partial charge in [0.2, 0.25) is 0 Å². The van der Waals surface area contributed by atoms with Crippen LogP contribution in [0.4, 0.5) is 9.18 Å². The number of carbonyl (C=O) groups is 1. The van der Waals surface area contributed by atoms with Crippen molar-refractivity contribution in [2.75, 3.05) is 7.11 Å². The minimum atomic E-state index is -0.808. The summed E-state index contributed by atoms with van der Waals surface area (Å²) in [4.78, 5) is 11.2. The highest BCUT2D eigenvalue weighted by atomic mass is 79.9. The van der Waals surface area contributed by atoms with Crippen molar-refractivity contribution in [3.05, 3.63) is 57.8 Å². The van der Waals surface area contributed by atoms with Gasteiger partial charge in [0.05, 0.1) is 11.6 Å². The van der Waals surface area contributed by atoms with Crippen molar-refractivity contribution in [3.8, 4) is 11.5 Å². The molecule has 0 heterocycles. The summed E-state index contributed by atoms with van der Waals surface area (Å²) in [5, 5.41) is 0. The van der Waals surface area contributed by atoms with E-state index in [4.69, 9.17) is 9.47 Å². The van der Waals surface area contributed by atoms with Crippen LogP contribution in [0.5, 0.6) is 11.5 Å². The van der Waals surface area contributed by atoms with Crippen LogP contribution in [0.15, 0.2) is 40.9 Å². The third kappa shape index (κ3) is 4.45. The van der Waals surface area contributed by atoms with Crippen LogP contribution < -0.4 is 9.47 Å². The number of rotatable bonds is 5. The van der Waals surface area contributed by atoms with E-state index in [0.29, 0.717) is 33.5 Å². The molecule has 0 fully saturated rings. The van der Waals surface area contributed by atoms with Gasteiger partial charge in [0.25, 0.3) is 0 Å². The van der Waals surface area contributed by atoms with E-state index in [2.05, 4.69) is 20.7 Å². The molecule has 2 aromatic carbocycles. The number of hydrogen-bond acceptors (Lipinski definition) is 4. The largest absolute Gasteiger partial charge is 0.513 e. The molecule has 0 radical (unpaired) electrons. The predicted molar refractivity (Wildman–Crippen MR) is 87.3 cm³/mol. The Labute approximate surface area is 142 Å². The third-order valence-corrected chi connectivity index (χ3v) is 3.82. The van der Waals surface area contributed by atoms with Gasteiger partial charge in [-0.3, -0.25) is 0 Å². The number of methoxy groups -OCH3 is 1. The van der Waals surface area contributed by atoms with Crippen molar-refractivity contribution in [1.82, 2.24) is 0 Å². The molecule has 0 aromatic heterocycles. The highest BCUT2D eigenvalue weighted by Crippen LogP contribution is 2.30. The molecule has 0 bridgehead atoms. The molecule has 0 saturated carbocycles. The number of ether oxygens (including phenoxy) is 3. The average molecular weight is 383 g/mol. The first-order valence-electron chi connectivity index (χ1n) is 6.99. The smallest absolute Gasteiger partial charge is 0.487 e. The highest BCUT2D eigenvalue weighted by Gasteiger charge is 2.12. The van der Waals surface area contributed by atoms with E-state index >= 15 is 0 Å². The first kappa shape index (κ1) is 17.3. The van der Waals surface area contributed by atoms with Crippen LogP contribution >= 0.6 is 15.9 Å². The maximum atomic E-state index is 13.9. The van der Waals surface area contributed by atoms with Crippen molar-refractivity contribution in [2.45, 2.75) is 20.0 Å². The van der Waals surface area contributed by atoms with E-state index < -0.39 is 6.16 Å². The standard InChI is InChI=1S/C17H16BrFO4/c1-3-11-8-13(18)16(9-14(11)19)22-10-12-6-4-5-7-15(12)23-17(20)21-2/h4-9H,3,10H2,1-2H3. The van der Waals surface area contributed by atoms with Crippen molar-refractivity contribution in [2.24, 2.45) is 0 Å². The number of halogens is 2. The summed E-state index contributed by atoms with van der Waals surface area (Å²) in [6, 6.07) is 9.94. The summed E-state index contributed by atoms with van der Waals surface area (Å²) < 4.78 is 29.7. The second kappa shape index (κ2) is 7.97. The van der Waals surface area contributed by atoms with Crippen LogP contribution in [0.1, 0.15) is 18.1 Å². The van der Waals surface area contributed by atoms with E-state index in [9.17, 15) is 9.18 Å². The Kier molecular flexibility index (Phi) is 5.98. The Morgan fingerprint density at radius 1 is 1.17 bits per heavy atom. The van der Waals surface area contributed by atoms with Gasteiger partial charge in [-0.1, -0.05) is 25.1 Å². The van der Waals surface area contributed by atoms with Crippen molar-refractivity contribution >= 4 is 22.1 Å². The molecule has 0 aliphatic heterocycles.